The van der Waals surface area contributed by atoms with Crippen LogP contribution in [0.4, 0.5) is 0 Å². The van der Waals surface area contributed by atoms with Gasteiger partial charge in [0.1, 0.15) is 5.82 Å². The molecule has 0 bridgehead atoms. The summed E-state index contributed by atoms with van der Waals surface area (Å²) >= 11 is 0. The van der Waals surface area contributed by atoms with Crippen molar-refractivity contribution in [3.63, 3.8) is 0 Å². The molecule has 4 nitrogen and oxygen atoms in total. The SMILES string of the molecule is C=C(C)C.C=C/C(C)=C1/N=C(C(=C)NCc2ccc(CC(=C)C)c(C)c2)C=C(C(=C)NCc2ccc(C(=C)C)cc2)N1C.CC. The fraction of sp³-hybridized carbons (Fsp3) is 0.293. The Hall–Kier alpha value is -4.57. The number of rotatable bonds is 12. The zero-order chi connectivity index (χ0) is 34.3. The predicted molar refractivity (Wildman–Crippen MR) is 201 cm³/mol. The van der Waals surface area contributed by atoms with Crippen molar-refractivity contribution >= 4 is 11.3 Å². The van der Waals surface area contributed by atoms with Crippen LogP contribution in [0.25, 0.3) is 5.57 Å². The van der Waals surface area contributed by atoms with Crippen LogP contribution in [0.2, 0.25) is 0 Å². The van der Waals surface area contributed by atoms with Gasteiger partial charge in [-0.3, -0.25) is 0 Å². The van der Waals surface area contributed by atoms with Crippen molar-refractivity contribution in [1.82, 2.24) is 15.5 Å². The maximum Gasteiger partial charge on any atom is 0.136 e. The molecular formula is C41H56N4. The number of allylic oxidation sites excluding steroid dienone is 6. The molecule has 0 radical (unpaired) electrons. The second-order valence-electron chi connectivity index (χ2n) is 11.5. The lowest BCUT2D eigenvalue weighted by Crippen LogP contribution is -2.30. The van der Waals surface area contributed by atoms with Gasteiger partial charge in [0.25, 0.3) is 0 Å². The molecule has 4 heteroatoms. The third kappa shape index (κ3) is 12.5. The quantitative estimate of drug-likeness (QED) is 0.237. The molecule has 0 spiro atoms. The molecule has 2 aromatic carbocycles. The summed E-state index contributed by atoms with van der Waals surface area (Å²) in [4.78, 5) is 6.95. The van der Waals surface area contributed by atoms with Crippen molar-refractivity contribution in [3.8, 4) is 0 Å². The summed E-state index contributed by atoms with van der Waals surface area (Å²) in [6.07, 6.45) is 4.75. The van der Waals surface area contributed by atoms with Gasteiger partial charge in [0.05, 0.1) is 22.8 Å². The Bertz CT molecular complexity index is 1490. The zero-order valence-corrected chi connectivity index (χ0v) is 29.5. The molecule has 0 fully saturated rings. The number of hydrogen-bond acceptors (Lipinski definition) is 4. The minimum absolute atomic E-state index is 0.657. The molecule has 0 aliphatic carbocycles. The smallest absolute Gasteiger partial charge is 0.136 e. The van der Waals surface area contributed by atoms with Gasteiger partial charge in [-0.05, 0) is 87.4 Å². The normalized spacial score (nSPS) is 13.0. The molecule has 1 aliphatic rings. The number of likely N-dealkylation sites (N-methyl/N-ethyl adjacent to an activating group) is 1. The van der Waals surface area contributed by atoms with E-state index < -0.39 is 0 Å². The van der Waals surface area contributed by atoms with Gasteiger partial charge in [-0.2, -0.15) is 0 Å². The van der Waals surface area contributed by atoms with Crippen molar-refractivity contribution in [2.45, 2.75) is 74.9 Å². The van der Waals surface area contributed by atoms with Crippen molar-refractivity contribution < 1.29 is 0 Å². The van der Waals surface area contributed by atoms with E-state index in [9.17, 15) is 0 Å². The van der Waals surface area contributed by atoms with Crippen LogP contribution >= 0.6 is 0 Å². The van der Waals surface area contributed by atoms with Gasteiger partial charge in [-0.15, -0.1) is 6.58 Å². The van der Waals surface area contributed by atoms with Crippen molar-refractivity contribution in [2.75, 3.05) is 7.05 Å². The van der Waals surface area contributed by atoms with Gasteiger partial charge in [0.15, 0.2) is 0 Å². The van der Waals surface area contributed by atoms with Gasteiger partial charge >= 0.3 is 0 Å². The highest BCUT2D eigenvalue weighted by molar-refractivity contribution is 6.09. The van der Waals surface area contributed by atoms with E-state index in [1.807, 2.05) is 65.6 Å². The molecule has 2 aromatic rings. The topological polar surface area (TPSA) is 39.7 Å². The molecule has 0 atom stereocenters. The molecule has 0 amide bonds. The highest BCUT2D eigenvalue weighted by Gasteiger charge is 2.21. The van der Waals surface area contributed by atoms with Gasteiger partial charge < -0.3 is 15.5 Å². The third-order valence-corrected chi connectivity index (χ3v) is 6.81. The van der Waals surface area contributed by atoms with E-state index in [1.54, 1.807) is 0 Å². The molecular weight excluding hydrogens is 548 g/mol. The van der Waals surface area contributed by atoms with Gasteiger partial charge in [-0.25, -0.2) is 4.99 Å². The zero-order valence-electron chi connectivity index (χ0n) is 29.5. The van der Waals surface area contributed by atoms with Crippen LogP contribution in [0.3, 0.4) is 0 Å². The summed E-state index contributed by atoms with van der Waals surface area (Å²) in [6.45, 7) is 41.7. The minimum atomic E-state index is 0.657. The van der Waals surface area contributed by atoms with Crippen LogP contribution in [0.5, 0.6) is 0 Å². The Morgan fingerprint density at radius 3 is 1.87 bits per heavy atom. The van der Waals surface area contributed by atoms with E-state index >= 15 is 0 Å². The van der Waals surface area contributed by atoms with Crippen LogP contribution in [0.1, 0.15) is 76.3 Å². The van der Waals surface area contributed by atoms with E-state index in [4.69, 9.17) is 4.99 Å². The van der Waals surface area contributed by atoms with E-state index in [0.29, 0.717) is 13.1 Å². The maximum absolute atomic E-state index is 4.91. The molecule has 45 heavy (non-hydrogen) atoms. The third-order valence-electron chi connectivity index (χ3n) is 6.81. The van der Waals surface area contributed by atoms with E-state index in [1.165, 1.54) is 27.8 Å². The second kappa shape index (κ2) is 19.0. The summed E-state index contributed by atoms with van der Waals surface area (Å²) in [6, 6.07) is 15.0. The van der Waals surface area contributed by atoms with E-state index in [2.05, 4.69) is 106 Å². The first-order valence-electron chi connectivity index (χ1n) is 15.6. The Kier molecular flexibility index (Phi) is 16.2. The Morgan fingerprint density at radius 1 is 0.822 bits per heavy atom. The molecule has 0 aromatic heterocycles. The highest BCUT2D eigenvalue weighted by atomic mass is 15.2. The number of nitrogens with zero attached hydrogens (tertiary/aromatic N) is 2. The molecule has 1 heterocycles. The number of nitrogens with one attached hydrogen (secondary N) is 2. The fourth-order valence-electron chi connectivity index (χ4n) is 4.35. The van der Waals surface area contributed by atoms with Crippen molar-refractivity contribution in [3.05, 3.63) is 162 Å². The van der Waals surface area contributed by atoms with Crippen molar-refractivity contribution in [2.24, 2.45) is 4.99 Å². The molecule has 240 valence electrons. The number of aryl methyl sites for hydroxylation is 1. The van der Waals surface area contributed by atoms with Crippen LogP contribution < -0.4 is 10.6 Å². The predicted octanol–water partition coefficient (Wildman–Crippen LogP) is 10.3. The van der Waals surface area contributed by atoms with Crippen molar-refractivity contribution in [1.29, 1.82) is 0 Å². The molecule has 3 rings (SSSR count). The first-order chi connectivity index (χ1) is 21.2. The summed E-state index contributed by atoms with van der Waals surface area (Å²) in [5.41, 5.74) is 13.7. The van der Waals surface area contributed by atoms with Crippen LogP contribution in [0, 0.1) is 6.92 Å². The number of hydrogen-bond donors (Lipinski definition) is 2. The van der Waals surface area contributed by atoms with Gasteiger partial charge in [0, 0.05) is 20.1 Å². The van der Waals surface area contributed by atoms with E-state index in [0.717, 1.165) is 57.3 Å². The minimum Gasteiger partial charge on any atom is -0.380 e. The van der Waals surface area contributed by atoms with Crippen LogP contribution in [-0.4, -0.2) is 17.7 Å². The standard InChI is InChI=1S/C35H42N4.C4H8.C2H6/c1-11-25(6)35-38-33(27(8)36-22-30-14-17-32(18-23(2)3)26(7)19-30)20-34(39(35)10)28(9)37-21-29-12-15-31(16-13-29)24(4)5;1-4(2)3;1-2/h11-17,19-20,36-37H,1-2,4,8-9,18,21-22H2,3,5-7,10H3;1H2,2-3H3;1-2H3/b35-25-;;. The maximum atomic E-state index is 4.91. The first-order valence-corrected chi connectivity index (χ1v) is 15.6. The Morgan fingerprint density at radius 2 is 1.36 bits per heavy atom. The van der Waals surface area contributed by atoms with Gasteiger partial charge in [-0.1, -0.05) is 112 Å². The lowest BCUT2D eigenvalue weighted by atomic mass is 10.00. The summed E-state index contributed by atoms with van der Waals surface area (Å²) in [5, 5.41) is 6.95. The number of aliphatic imine (C=N–C) groups is 1. The lowest BCUT2D eigenvalue weighted by molar-refractivity contribution is 0.501. The summed E-state index contributed by atoms with van der Waals surface area (Å²) in [7, 11) is 1.99. The summed E-state index contributed by atoms with van der Waals surface area (Å²) < 4.78 is 0. The molecule has 2 N–H and O–H groups in total. The highest BCUT2D eigenvalue weighted by Crippen LogP contribution is 2.26. The second-order valence-corrected chi connectivity index (χ2v) is 11.5. The molecule has 1 aliphatic heterocycles. The first kappa shape index (κ1) is 38.5. The fourth-order valence-corrected chi connectivity index (χ4v) is 4.35. The Labute approximate surface area is 274 Å². The average molecular weight is 605 g/mol. The molecule has 0 unspecified atom stereocenters. The largest absolute Gasteiger partial charge is 0.380 e. The monoisotopic (exact) mass is 604 g/mol. The van der Waals surface area contributed by atoms with Crippen LogP contribution in [-0.2, 0) is 19.5 Å². The summed E-state index contributed by atoms with van der Waals surface area (Å²) in [5.74, 6) is 0.814. The molecule has 0 saturated heterocycles. The average Bonchev–Trinajstić information content (AvgIpc) is 3.00. The lowest BCUT2D eigenvalue weighted by Gasteiger charge is -2.30. The Balaban J connectivity index is 0.00000156. The van der Waals surface area contributed by atoms with Crippen LogP contribution in [0.15, 0.2) is 139 Å². The van der Waals surface area contributed by atoms with Gasteiger partial charge in [0.2, 0.25) is 0 Å². The van der Waals surface area contributed by atoms with E-state index in [-0.39, 0.29) is 0 Å². The molecule has 0 saturated carbocycles. The number of benzene rings is 2.